The maximum absolute atomic E-state index is 9.53. The fourth-order valence-corrected chi connectivity index (χ4v) is 3.24. The van der Waals surface area contributed by atoms with Crippen molar-refractivity contribution in [1.29, 1.82) is 0 Å². The summed E-state index contributed by atoms with van der Waals surface area (Å²) in [5, 5.41) is 9.53. The van der Waals surface area contributed by atoms with Gasteiger partial charge < -0.3 is 10.0 Å². The van der Waals surface area contributed by atoms with E-state index in [1.807, 2.05) is 0 Å². The van der Waals surface area contributed by atoms with E-state index in [-0.39, 0.29) is 6.61 Å². The first-order valence-corrected chi connectivity index (χ1v) is 7.06. The van der Waals surface area contributed by atoms with Crippen LogP contribution in [0.15, 0.2) is 18.2 Å². The zero-order valence-electron chi connectivity index (χ0n) is 11.8. The van der Waals surface area contributed by atoms with Crippen molar-refractivity contribution in [3.05, 3.63) is 29.3 Å². The van der Waals surface area contributed by atoms with Crippen molar-refractivity contribution < 1.29 is 5.11 Å². The Morgan fingerprint density at radius 1 is 1.28 bits per heavy atom. The summed E-state index contributed by atoms with van der Waals surface area (Å²) >= 11 is 0. The van der Waals surface area contributed by atoms with E-state index in [1.165, 1.54) is 36.9 Å². The summed E-state index contributed by atoms with van der Waals surface area (Å²) in [6.45, 7) is 4.56. The van der Waals surface area contributed by atoms with Gasteiger partial charge in [0, 0.05) is 24.3 Å². The van der Waals surface area contributed by atoms with Crippen molar-refractivity contribution in [2.75, 3.05) is 11.9 Å². The van der Waals surface area contributed by atoms with E-state index in [9.17, 15) is 5.11 Å². The predicted octanol–water partition coefficient (Wildman–Crippen LogP) is 3.50. The van der Waals surface area contributed by atoms with E-state index in [0.29, 0.717) is 6.04 Å². The number of benzene rings is 1. The van der Waals surface area contributed by atoms with Crippen molar-refractivity contribution in [3.8, 4) is 0 Å². The van der Waals surface area contributed by atoms with Crippen molar-refractivity contribution in [2.45, 2.75) is 52.2 Å². The fraction of sp³-hybridized carbons (Fsp3) is 0.625. The molecule has 2 atom stereocenters. The molecule has 1 aliphatic rings. The van der Waals surface area contributed by atoms with Crippen LogP contribution in [0.5, 0.6) is 0 Å². The van der Waals surface area contributed by atoms with Gasteiger partial charge in [0.2, 0.25) is 0 Å². The quantitative estimate of drug-likeness (QED) is 0.883. The van der Waals surface area contributed by atoms with Crippen LogP contribution in [0, 0.1) is 12.8 Å². The van der Waals surface area contributed by atoms with Crippen LogP contribution in [0.3, 0.4) is 0 Å². The van der Waals surface area contributed by atoms with E-state index in [1.54, 1.807) is 0 Å². The Hall–Kier alpha value is -1.02. The number of hydrogen-bond acceptors (Lipinski definition) is 2. The molecular weight excluding hydrogens is 222 g/mol. The third-order valence-corrected chi connectivity index (χ3v) is 4.35. The molecule has 2 nitrogen and oxygen atoms in total. The van der Waals surface area contributed by atoms with Crippen molar-refractivity contribution in [3.63, 3.8) is 0 Å². The normalized spacial score (nSPS) is 24.0. The van der Waals surface area contributed by atoms with Crippen molar-refractivity contribution >= 4 is 5.69 Å². The summed E-state index contributed by atoms with van der Waals surface area (Å²) in [7, 11) is 2.18. The van der Waals surface area contributed by atoms with E-state index in [2.05, 4.69) is 44.0 Å². The highest BCUT2D eigenvalue weighted by Gasteiger charge is 2.26. The molecule has 2 rings (SSSR count). The van der Waals surface area contributed by atoms with Gasteiger partial charge in [0.15, 0.2) is 0 Å². The van der Waals surface area contributed by atoms with E-state index in [0.717, 1.165) is 11.5 Å². The molecule has 0 radical (unpaired) electrons. The standard InChI is InChI=1S/C16H25NO/c1-12-8-9-16(14(10-12)11-18)17(3)15-7-5-4-6-13(15)2/h8-10,13,15,18H,4-7,11H2,1-3H3. The molecule has 1 saturated carbocycles. The summed E-state index contributed by atoms with van der Waals surface area (Å²) in [6.07, 6.45) is 5.30. The number of hydrogen-bond donors (Lipinski definition) is 1. The Balaban J connectivity index is 2.24. The molecule has 0 heterocycles. The molecular formula is C16H25NO. The number of aliphatic hydroxyl groups excluding tert-OH is 1. The van der Waals surface area contributed by atoms with Gasteiger partial charge >= 0.3 is 0 Å². The number of aliphatic hydroxyl groups is 1. The summed E-state index contributed by atoms with van der Waals surface area (Å²) < 4.78 is 0. The highest BCUT2D eigenvalue weighted by molar-refractivity contribution is 5.55. The third-order valence-electron chi connectivity index (χ3n) is 4.35. The SMILES string of the molecule is Cc1ccc(N(C)C2CCCCC2C)c(CO)c1. The van der Waals surface area contributed by atoms with Gasteiger partial charge in [0.25, 0.3) is 0 Å². The summed E-state index contributed by atoms with van der Waals surface area (Å²) in [5.41, 5.74) is 3.46. The van der Waals surface area contributed by atoms with Gasteiger partial charge in [-0.2, -0.15) is 0 Å². The van der Waals surface area contributed by atoms with Crippen molar-refractivity contribution in [2.24, 2.45) is 5.92 Å². The van der Waals surface area contributed by atoms with Crippen LogP contribution >= 0.6 is 0 Å². The average molecular weight is 247 g/mol. The summed E-state index contributed by atoms with van der Waals surface area (Å²) in [6, 6.07) is 7.01. The molecule has 0 spiro atoms. The summed E-state index contributed by atoms with van der Waals surface area (Å²) in [4.78, 5) is 2.38. The Labute approximate surface area is 111 Å². The molecule has 1 fully saturated rings. The van der Waals surface area contributed by atoms with Gasteiger partial charge in [-0.1, -0.05) is 37.5 Å². The lowest BCUT2D eigenvalue weighted by Gasteiger charge is -2.38. The maximum Gasteiger partial charge on any atom is 0.0702 e. The topological polar surface area (TPSA) is 23.5 Å². The van der Waals surface area contributed by atoms with Gasteiger partial charge in [-0.15, -0.1) is 0 Å². The minimum Gasteiger partial charge on any atom is -0.392 e. The van der Waals surface area contributed by atoms with E-state index >= 15 is 0 Å². The third kappa shape index (κ3) is 2.69. The highest BCUT2D eigenvalue weighted by Crippen LogP contribution is 2.32. The van der Waals surface area contributed by atoms with Crippen LogP contribution in [0.2, 0.25) is 0 Å². The average Bonchev–Trinajstić information content (AvgIpc) is 2.38. The molecule has 0 bridgehead atoms. The Morgan fingerprint density at radius 2 is 2.00 bits per heavy atom. The first-order chi connectivity index (χ1) is 8.63. The first-order valence-electron chi connectivity index (χ1n) is 7.06. The molecule has 0 aliphatic heterocycles. The van der Waals surface area contributed by atoms with Crippen LogP contribution in [-0.2, 0) is 6.61 Å². The number of nitrogens with zero attached hydrogens (tertiary/aromatic N) is 1. The van der Waals surface area contributed by atoms with E-state index in [4.69, 9.17) is 0 Å². The molecule has 18 heavy (non-hydrogen) atoms. The summed E-state index contributed by atoms with van der Waals surface area (Å²) in [5.74, 6) is 0.747. The van der Waals surface area contributed by atoms with E-state index < -0.39 is 0 Å². The van der Waals surface area contributed by atoms with Crippen LogP contribution < -0.4 is 4.90 Å². The number of aryl methyl sites for hydroxylation is 1. The molecule has 0 saturated heterocycles. The lowest BCUT2D eigenvalue weighted by molar-refractivity contribution is 0.280. The zero-order valence-corrected chi connectivity index (χ0v) is 11.8. The Bertz CT molecular complexity index is 402. The fourth-order valence-electron chi connectivity index (χ4n) is 3.24. The molecule has 2 unspecified atom stereocenters. The lowest BCUT2D eigenvalue weighted by atomic mass is 9.84. The van der Waals surface area contributed by atoms with Gasteiger partial charge in [-0.3, -0.25) is 0 Å². The second-order valence-corrected chi connectivity index (χ2v) is 5.73. The van der Waals surface area contributed by atoms with Crippen LogP contribution in [-0.4, -0.2) is 18.2 Å². The Morgan fingerprint density at radius 3 is 2.67 bits per heavy atom. The Kier molecular flexibility index (Phi) is 4.28. The second kappa shape index (κ2) is 5.75. The molecule has 1 aromatic carbocycles. The zero-order chi connectivity index (χ0) is 13.1. The van der Waals surface area contributed by atoms with Gasteiger partial charge in [0.05, 0.1) is 6.61 Å². The molecule has 0 aromatic heterocycles. The van der Waals surface area contributed by atoms with Gasteiger partial charge in [0.1, 0.15) is 0 Å². The van der Waals surface area contributed by atoms with Crippen molar-refractivity contribution in [1.82, 2.24) is 0 Å². The number of anilines is 1. The maximum atomic E-state index is 9.53. The molecule has 1 aliphatic carbocycles. The second-order valence-electron chi connectivity index (χ2n) is 5.73. The molecule has 1 aromatic rings. The minimum atomic E-state index is 0.127. The largest absolute Gasteiger partial charge is 0.392 e. The first kappa shape index (κ1) is 13.4. The lowest BCUT2D eigenvalue weighted by Crippen LogP contribution is -2.39. The van der Waals surface area contributed by atoms with Crippen LogP contribution in [0.4, 0.5) is 5.69 Å². The predicted molar refractivity (Wildman–Crippen MR) is 76.9 cm³/mol. The van der Waals surface area contributed by atoms with Gasteiger partial charge in [-0.25, -0.2) is 0 Å². The minimum absolute atomic E-state index is 0.127. The molecule has 2 heteroatoms. The molecule has 0 amide bonds. The molecule has 1 N–H and O–H groups in total. The monoisotopic (exact) mass is 247 g/mol. The highest BCUT2D eigenvalue weighted by atomic mass is 16.3. The molecule has 100 valence electrons. The van der Waals surface area contributed by atoms with Crippen LogP contribution in [0.1, 0.15) is 43.7 Å². The van der Waals surface area contributed by atoms with Crippen LogP contribution in [0.25, 0.3) is 0 Å². The van der Waals surface area contributed by atoms with Gasteiger partial charge in [-0.05, 0) is 31.7 Å². The number of rotatable bonds is 3. The smallest absolute Gasteiger partial charge is 0.0702 e.